The van der Waals surface area contributed by atoms with Crippen LogP contribution in [0.3, 0.4) is 0 Å². The molecule has 70 heavy (non-hydrogen) atoms. The van der Waals surface area contributed by atoms with E-state index in [1.54, 1.807) is 0 Å². The van der Waals surface area contributed by atoms with Crippen LogP contribution in [-0.4, -0.2) is 0 Å². The maximum Gasteiger partial charge on any atom is 0.143 e. The molecule has 0 bridgehead atoms. The SMILES string of the molecule is CC1(C)c2ccccc2-c2ccc(N(c3ccccc3)c3cccc4oc5c6ccccc6c(-c6cccc(-c7ccc8c(c7)C(c7ccccc7)(c7ccccc7)c7ccccc7-8)c6)cc5c34)cc21. The summed E-state index contributed by atoms with van der Waals surface area (Å²) in [5, 5.41) is 4.43. The number of furan rings is 1. The van der Waals surface area contributed by atoms with Crippen molar-refractivity contribution >= 4 is 49.8 Å². The monoisotopic (exact) mass is 893 g/mol. The maximum absolute atomic E-state index is 7.00. The van der Waals surface area contributed by atoms with Crippen LogP contribution in [0, 0.1) is 0 Å². The highest BCUT2D eigenvalue weighted by Gasteiger charge is 2.46. The molecule has 1 aromatic heterocycles. The Morgan fingerprint density at radius 3 is 1.67 bits per heavy atom. The van der Waals surface area contributed by atoms with Gasteiger partial charge in [0.25, 0.3) is 0 Å². The molecular formula is C68H47NO. The first-order valence-electron chi connectivity index (χ1n) is 24.4. The van der Waals surface area contributed by atoms with E-state index in [2.05, 4.69) is 267 Å². The zero-order chi connectivity index (χ0) is 46.6. The third-order valence-electron chi connectivity index (χ3n) is 15.5. The minimum Gasteiger partial charge on any atom is -0.455 e. The fourth-order valence-corrected chi connectivity index (χ4v) is 12.4. The number of hydrogen-bond acceptors (Lipinski definition) is 2. The molecule has 14 rings (SSSR count). The molecule has 0 fully saturated rings. The van der Waals surface area contributed by atoms with E-state index in [-0.39, 0.29) is 5.41 Å². The molecule has 0 amide bonds. The first kappa shape index (κ1) is 40.4. The summed E-state index contributed by atoms with van der Waals surface area (Å²) in [5.41, 5.74) is 22.1. The third-order valence-corrected chi connectivity index (χ3v) is 15.5. The second-order valence-electron chi connectivity index (χ2n) is 19.5. The Balaban J connectivity index is 0.953. The Hall–Kier alpha value is -8.72. The van der Waals surface area contributed by atoms with Gasteiger partial charge in [0.05, 0.1) is 16.5 Å². The molecule has 0 saturated carbocycles. The first-order valence-corrected chi connectivity index (χ1v) is 24.4. The number of para-hydroxylation sites is 1. The molecule has 0 saturated heterocycles. The van der Waals surface area contributed by atoms with Crippen molar-refractivity contribution in [1.29, 1.82) is 0 Å². The molecule has 330 valence electrons. The van der Waals surface area contributed by atoms with E-state index in [1.807, 2.05) is 0 Å². The first-order chi connectivity index (χ1) is 34.5. The molecular weight excluding hydrogens is 847 g/mol. The van der Waals surface area contributed by atoms with Gasteiger partial charge < -0.3 is 9.32 Å². The Morgan fingerprint density at radius 2 is 0.914 bits per heavy atom. The van der Waals surface area contributed by atoms with Gasteiger partial charge in [0.15, 0.2) is 0 Å². The highest BCUT2D eigenvalue weighted by molar-refractivity contribution is 6.22. The van der Waals surface area contributed by atoms with E-state index >= 15 is 0 Å². The summed E-state index contributed by atoms with van der Waals surface area (Å²) in [4.78, 5) is 2.42. The van der Waals surface area contributed by atoms with E-state index in [1.165, 1.54) is 72.3 Å². The Labute approximate surface area is 408 Å². The Kier molecular flexibility index (Phi) is 8.88. The summed E-state index contributed by atoms with van der Waals surface area (Å²) in [5.74, 6) is 0. The van der Waals surface area contributed by atoms with E-state index in [9.17, 15) is 0 Å². The smallest absolute Gasteiger partial charge is 0.143 e. The van der Waals surface area contributed by atoms with Crippen LogP contribution in [0.2, 0.25) is 0 Å². The van der Waals surface area contributed by atoms with E-state index in [4.69, 9.17) is 4.42 Å². The molecule has 2 aliphatic carbocycles. The summed E-state index contributed by atoms with van der Waals surface area (Å²) in [6.45, 7) is 4.71. The van der Waals surface area contributed by atoms with Gasteiger partial charge in [0.1, 0.15) is 11.2 Å². The zero-order valence-electron chi connectivity index (χ0n) is 39.0. The quantitative estimate of drug-likeness (QED) is 0.158. The van der Waals surface area contributed by atoms with Gasteiger partial charge in [0, 0.05) is 27.6 Å². The average Bonchev–Trinajstić information content (AvgIpc) is 4.03. The molecule has 12 aromatic rings. The second-order valence-corrected chi connectivity index (χ2v) is 19.5. The number of fused-ring (bicyclic) bond motifs is 11. The second kappa shape index (κ2) is 15.4. The van der Waals surface area contributed by atoms with Gasteiger partial charge >= 0.3 is 0 Å². The van der Waals surface area contributed by atoms with Crippen LogP contribution in [0.15, 0.2) is 253 Å². The lowest BCUT2D eigenvalue weighted by Gasteiger charge is -2.34. The average molecular weight is 894 g/mol. The lowest BCUT2D eigenvalue weighted by Crippen LogP contribution is -2.28. The minimum absolute atomic E-state index is 0.140. The van der Waals surface area contributed by atoms with Gasteiger partial charge in [-0.05, 0) is 138 Å². The van der Waals surface area contributed by atoms with Crippen LogP contribution in [0.1, 0.15) is 47.2 Å². The van der Waals surface area contributed by atoms with Crippen LogP contribution >= 0.6 is 0 Å². The molecule has 0 atom stereocenters. The van der Waals surface area contributed by atoms with Crippen LogP contribution in [0.25, 0.3) is 77.2 Å². The van der Waals surface area contributed by atoms with Gasteiger partial charge in [-0.2, -0.15) is 0 Å². The molecule has 0 radical (unpaired) electrons. The molecule has 1 heterocycles. The number of anilines is 3. The highest BCUT2D eigenvalue weighted by atomic mass is 16.3. The van der Waals surface area contributed by atoms with Crippen molar-refractivity contribution < 1.29 is 4.42 Å². The summed E-state index contributed by atoms with van der Waals surface area (Å²) >= 11 is 0. The molecule has 2 nitrogen and oxygen atoms in total. The van der Waals surface area contributed by atoms with E-state index in [0.717, 1.165) is 55.3 Å². The van der Waals surface area contributed by atoms with Crippen molar-refractivity contribution in [2.24, 2.45) is 0 Å². The van der Waals surface area contributed by atoms with Crippen molar-refractivity contribution in [2.75, 3.05) is 4.90 Å². The molecule has 11 aromatic carbocycles. The van der Waals surface area contributed by atoms with Gasteiger partial charge in [-0.25, -0.2) is 0 Å². The Morgan fingerprint density at radius 1 is 0.343 bits per heavy atom. The number of nitrogens with zero attached hydrogens (tertiary/aromatic N) is 1. The molecule has 0 aliphatic heterocycles. The fraction of sp³-hybridized carbons (Fsp3) is 0.0588. The van der Waals surface area contributed by atoms with Crippen molar-refractivity contribution in [3.8, 4) is 44.5 Å². The molecule has 0 unspecified atom stereocenters. The predicted octanol–water partition coefficient (Wildman–Crippen LogP) is 18.2. The van der Waals surface area contributed by atoms with E-state index in [0.29, 0.717) is 0 Å². The number of rotatable bonds is 7. The lowest BCUT2D eigenvalue weighted by molar-refractivity contribution is 0.660. The van der Waals surface area contributed by atoms with Gasteiger partial charge in [-0.1, -0.05) is 208 Å². The van der Waals surface area contributed by atoms with Crippen LogP contribution in [0.5, 0.6) is 0 Å². The highest BCUT2D eigenvalue weighted by Crippen LogP contribution is 2.57. The Bertz CT molecular complexity index is 3990. The van der Waals surface area contributed by atoms with Gasteiger partial charge in [-0.3, -0.25) is 0 Å². The maximum atomic E-state index is 7.00. The number of benzene rings is 11. The van der Waals surface area contributed by atoms with Gasteiger partial charge in [0.2, 0.25) is 0 Å². The standard InChI is InChI=1S/C68H47NO/c1-67(2)59-32-16-14-29-52(59)54-39-37-50(42-61(54)67)69(49-26-10-5-11-27-49)63-34-19-35-64-65(63)58-43-57(51-28-12-13-31-56(51)66(58)70-64)46-21-18-20-44(40-46)45-36-38-55-53-30-15-17-33-60(53)68(62(55)41-45,47-22-6-3-7-23-47)48-24-8-4-9-25-48/h3-43H,1-2H3. The summed E-state index contributed by atoms with van der Waals surface area (Å²) in [6.07, 6.45) is 0. The van der Waals surface area contributed by atoms with Crippen molar-refractivity contribution in [3.05, 3.63) is 282 Å². The molecule has 0 spiro atoms. The van der Waals surface area contributed by atoms with Crippen LogP contribution < -0.4 is 4.90 Å². The summed E-state index contributed by atoms with van der Waals surface area (Å²) in [7, 11) is 0. The topological polar surface area (TPSA) is 16.4 Å². The fourth-order valence-electron chi connectivity index (χ4n) is 12.4. The predicted molar refractivity (Wildman–Crippen MR) is 292 cm³/mol. The van der Waals surface area contributed by atoms with Crippen LogP contribution in [0.4, 0.5) is 17.1 Å². The molecule has 0 N–H and O–H groups in total. The molecule has 2 aliphatic rings. The zero-order valence-corrected chi connectivity index (χ0v) is 39.0. The largest absolute Gasteiger partial charge is 0.455 e. The lowest BCUT2D eigenvalue weighted by atomic mass is 9.67. The third kappa shape index (κ3) is 5.80. The number of hydrogen-bond donors (Lipinski definition) is 0. The summed E-state index contributed by atoms with van der Waals surface area (Å²) < 4.78 is 7.00. The molecule has 2 heteroatoms. The minimum atomic E-state index is -0.474. The van der Waals surface area contributed by atoms with Crippen molar-refractivity contribution in [3.63, 3.8) is 0 Å². The van der Waals surface area contributed by atoms with Crippen molar-refractivity contribution in [2.45, 2.75) is 24.7 Å². The van der Waals surface area contributed by atoms with Crippen LogP contribution in [-0.2, 0) is 10.8 Å². The van der Waals surface area contributed by atoms with Crippen molar-refractivity contribution in [1.82, 2.24) is 0 Å². The van der Waals surface area contributed by atoms with E-state index < -0.39 is 5.41 Å². The normalized spacial score (nSPS) is 13.8. The summed E-state index contributed by atoms with van der Waals surface area (Å²) in [6, 6.07) is 91.6. The van der Waals surface area contributed by atoms with Gasteiger partial charge in [-0.15, -0.1) is 0 Å².